The number of hydrogen-bond acceptors (Lipinski definition) is 1. The van der Waals surface area contributed by atoms with Gasteiger partial charge in [0, 0.05) is 0 Å². The summed E-state index contributed by atoms with van der Waals surface area (Å²) in [5, 5.41) is 9.98. The minimum absolute atomic E-state index is 0.455. The Bertz CT molecular complexity index is 261. The predicted octanol–water partition coefficient (Wildman–Crippen LogP) is 2.51. The highest BCUT2D eigenvalue weighted by Crippen LogP contribution is 2.30. The fraction of sp³-hybridized carbons (Fsp3) is 0.818. The maximum Gasteiger partial charge on any atom is 0.155 e. The molecule has 1 saturated carbocycles. The second-order valence-electron chi connectivity index (χ2n) is 5.14. The molecule has 0 saturated heterocycles. The van der Waals surface area contributed by atoms with E-state index in [9.17, 15) is 9.50 Å². The monoisotopic (exact) mass is 214 g/mol. The molecule has 80 valence electrons. The van der Waals surface area contributed by atoms with Gasteiger partial charge in [-0.25, -0.2) is 4.39 Å². The number of hydrogen-bond donors (Lipinski definition) is 1. The van der Waals surface area contributed by atoms with Gasteiger partial charge in [0.2, 0.25) is 0 Å². The normalized spacial score (nSPS) is 33.4. The van der Waals surface area contributed by atoms with Gasteiger partial charge in [0.15, 0.2) is 5.60 Å². The van der Waals surface area contributed by atoms with E-state index in [1.54, 1.807) is 0 Å². The second-order valence-corrected chi connectivity index (χ2v) is 9.89. The minimum Gasteiger partial charge on any atom is -0.375 e. The molecule has 0 aromatic carbocycles. The predicted molar refractivity (Wildman–Crippen MR) is 59.4 cm³/mol. The van der Waals surface area contributed by atoms with Crippen LogP contribution in [0.4, 0.5) is 4.39 Å². The van der Waals surface area contributed by atoms with E-state index in [0.29, 0.717) is 12.8 Å². The summed E-state index contributed by atoms with van der Waals surface area (Å²) in [5.74, 6) is 2.78. The molecule has 1 rings (SSSR count). The Hall–Kier alpha value is -0.333. The van der Waals surface area contributed by atoms with E-state index in [1.807, 2.05) is 0 Å². The lowest BCUT2D eigenvalue weighted by molar-refractivity contribution is -0.0147. The number of rotatable bonds is 0. The maximum atomic E-state index is 13.5. The van der Waals surface area contributed by atoms with Gasteiger partial charge in [0.1, 0.15) is 14.2 Å². The Morgan fingerprint density at radius 3 is 2.50 bits per heavy atom. The Morgan fingerprint density at radius 2 is 2.00 bits per heavy atom. The van der Waals surface area contributed by atoms with Crippen molar-refractivity contribution in [3.63, 3.8) is 0 Å². The molecule has 0 aromatic rings. The largest absolute Gasteiger partial charge is 0.375 e. The summed E-state index contributed by atoms with van der Waals surface area (Å²) >= 11 is 0. The first kappa shape index (κ1) is 11.7. The zero-order valence-electron chi connectivity index (χ0n) is 9.23. The molecular formula is C11H19FOSi. The number of aliphatic hydroxyl groups is 1. The SMILES string of the molecule is C[Si](C)(C)C#CC1(O)CCCCC1F. The lowest BCUT2D eigenvalue weighted by Gasteiger charge is -2.30. The molecular weight excluding hydrogens is 195 g/mol. The summed E-state index contributed by atoms with van der Waals surface area (Å²) in [6, 6.07) is 0. The van der Waals surface area contributed by atoms with Gasteiger partial charge >= 0.3 is 0 Å². The molecule has 0 amide bonds. The molecule has 14 heavy (non-hydrogen) atoms. The molecule has 0 aliphatic heterocycles. The first-order valence-corrected chi connectivity index (χ1v) is 8.74. The Kier molecular flexibility index (Phi) is 3.39. The lowest BCUT2D eigenvalue weighted by atomic mass is 9.84. The van der Waals surface area contributed by atoms with Crippen LogP contribution >= 0.6 is 0 Å². The van der Waals surface area contributed by atoms with Crippen LogP contribution in [0, 0.1) is 11.5 Å². The van der Waals surface area contributed by atoms with Gasteiger partial charge in [-0.05, 0) is 19.3 Å². The van der Waals surface area contributed by atoms with Crippen molar-refractivity contribution in [1.29, 1.82) is 0 Å². The molecule has 1 aliphatic rings. The quantitative estimate of drug-likeness (QED) is 0.485. The summed E-state index contributed by atoms with van der Waals surface area (Å²) in [5.41, 5.74) is 1.71. The van der Waals surface area contributed by atoms with Crippen LogP contribution in [-0.2, 0) is 0 Å². The molecule has 0 bridgehead atoms. The highest BCUT2D eigenvalue weighted by Gasteiger charge is 2.37. The van der Waals surface area contributed by atoms with Gasteiger partial charge in [-0.15, -0.1) is 5.54 Å². The zero-order valence-corrected chi connectivity index (χ0v) is 10.2. The van der Waals surface area contributed by atoms with Gasteiger partial charge in [0.25, 0.3) is 0 Å². The van der Waals surface area contributed by atoms with Crippen molar-refractivity contribution in [3.05, 3.63) is 0 Å². The van der Waals surface area contributed by atoms with E-state index >= 15 is 0 Å². The van der Waals surface area contributed by atoms with E-state index in [0.717, 1.165) is 12.8 Å². The summed E-state index contributed by atoms with van der Waals surface area (Å²) in [4.78, 5) is 0. The van der Waals surface area contributed by atoms with Gasteiger partial charge in [-0.3, -0.25) is 0 Å². The van der Waals surface area contributed by atoms with Crippen LogP contribution in [0.25, 0.3) is 0 Å². The van der Waals surface area contributed by atoms with Crippen LogP contribution in [0.2, 0.25) is 19.6 Å². The summed E-state index contributed by atoms with van der Waals surface area (Å²) < 4.78 is 13.5. The Balaban J connectivity index is 2.76. The summed E-state index contributed by atoms with van der Waals surface area (Å²) in [6.45, 7) is 6.29. The van der Waals surface area contributed by atoms with E-state index in [2.05, 4.69) is 31.1 Å². The van der Waals surface area contributed by atoms with Crippen LogP contribution in [-0.4, -0.2) is 25.0 Å². The standard InChI is InChI=1S/C11H19FOSi/c1-14(2,3)9-8-11(13)7-5-4-6-10(11)12/h10,13H,4-7H2,1-3H3. The average Bonchev–Trinajstić information content (AvgIpc) is 2.06. The molecule has 1 fully saturated rings. The van der Waals surface area contributed by atoms with Gasteiger partial charge < -0.3 is 5.11 Å². The number of halogens is 1. The average molecular weight is 214 g/mol. The van der Waals surface area contributed by atoms with Gasteiger partial charge in [-0.1, -0.05) is 32.0 Å². The second kappa shape index (κ2) is 4.04. The molecule has 2 atom stereocenters. The molecule has 1 nitrogen and oxygen atoms in total. The third-order valence-electron chi connectivity index (χ3n) is 2.44. The van der Waals surface area contributed by atoms with Crippen LogP contribution in [0.1, 0.15) is 25.7 Å². The van der Waals surface area contributed by atoms with E-state index in [4.69, 9.17) is 0 Å². The highest BCUT2D eigenvalue weighted by atomic mass is 28.3. The van der Waals surface area contributed by atoms with E-state index in [-0.39, 0.29) is 0 Å². The molecule has 0 spiro atoms. The molecule has 1 aliphatic carbocycles. The maximum absolute atomic E-state index is 13.5. The van der Waals surface area contributed by atoms with Crippen molar-refractivity contribution in [2.24, 2.45) is 0 Å². The lowest BCUT2D eigenvalue weighted by Crippen LogP contribution is -2.41. The van der Waals surface area contributed by atoms with Gasteiger partial charge in [0.05, 0.1) is 0 Å². The van der Waals surface area contributed by atoms with Crippen molar-refractivity contribution >= 4 is 8.07 Å². The van der Waals surface area contributed by atoms with Crippen molar-refractivity contribution in [2.45, 2.75) is 57.1 Å². The van der Waals surface area contributed by atoms with Crippen LogP contribution in [0.5, 0.6) is 0 Å². The molecule has 0 radical (unpaired) electrons. The zero-order chi connectivity index (χ0) is 10.8. The minimum atomic E-state index is -1.51. The summed E-state index contributed by atoms with van der Waals surface area (Å²) in [6.07, 6.45) is 1.55. The Labute approximate surface area is 86.7 Å². The van der Waals surface area contributed by atoms with Crippen molar-refractivity contribution in [2.75, 3.05) is 0 Å². The van der Waals surface area contributed by atoms with E-state index in [1.165, 1.54) is 0 Å². The fourth-order valence-corrected chi connectivity index (χ4v) is 2.14. The first-order chi connectivity index (χ1) is 6.33. The fourth-order valence-electron chi connectivity index (χ4n) is 1.55. The van der Waals surface area contributed by atoms with Gasteiger partial charge in [-0.2, -0.15) is 0 Å². The molecule has 1 N–H and O–H groups in total. The van der Waals surface area contributed by atoms with Crippen LogP contribution in [0.3, 0.4) is 0 Å². The van der Waals surface area contributed by atoms with Crippen molar-refractivity contribution in [1.82, 2.24) is 0 Å². The van der Waals surface area contributed by atoms with E-state index < -0.39 is 19.8 Å². The first-order valence-electron chi connectivity index (χ1n) is 5.24. The highest BCUT2D eigenvalue weighted by molar-refractivity contribution is 6.83. The van der Waals surface area contributed by atoms with Crippen molar-refractivity contribution < 1.29 is 9.50 Å². The molecule has 3 heteroatoms. The van der Waals surface area contributed by atoms with Crippen molar-refractivity contribution in [3.8, 4) is 11.5 Å². The molecule has 2 unspecified atom stereocenters. The topological polar surface area (TPSA) is 20.2 Å². The third-order valence-corrected chi connectivity index (χ3v) is 3.31. The molecule has 0 heterocycles. The third kappa shape index (κ3) is 3.11. The smallest absolute Gasteiger partial charge is 0.155 e. The Morgan fingerprint density at radius 1 is 1.36 bits per heavy atom. The molecule has 0 aromatic heterocycles. The van der Waals surface area contributed by atoms with Crippen LogP contribution in [0.15, 0.2) is 0 Å². The number of alkyl halides is 1. The van der Waals surface area contributed by atoms with Crippen LogP contribution < -0.4 is 0 Å². The summed E-state index contributed by atoms with van der Waals surface area (Å²) in [7, 11) is -1.51.